The monoisotopic (exact) mass is 278 g/mol. The minimum absolute atomic E-state index is 0.490. The molecule has 2 atom stereocenters. The summed E-state index contributed by atoms with van der Waals surface area (Å²) in [4.78, 5) is 2.95. The Hall–Kier alpha value is -0.0800. The van der Waals surface area contributed by atoms with Gasteiger partial charge >= 0.3 is 0 Å². The molecule has 3 fully saturated rings. The van der Waals surface area contributed by atoms with Gasteiger partial charge in [-0.15, -0.1) is 0 Å². The fraction of sp³-hybridized carbons (Fsp3) is 1.00. The van der Waals surface area contributed by atoms with Crippen molar-refractivity contribution < 1.29 is 0 Å². The maximum absolute atomic E-state index is 6.36. The van der Waals surface area contributed by atoms with E-state index < -0.39 is 0 Å². The summed E-state index contributed by atoms with van der Waals surface area (Å²) in [5, 5.41) is 0. The minimum atomic E-state index is 0.490. The Labute approximate surface area is 125 Å². The molecule has 2 N–H and O–H groups in total. The molecule has 3 aliphatic rings. The lowest BCUT2D eigenvalue weighted by Gasteiger charge is -2.43. The van der Waals surface area contributed by atoms with E-state index in [1.165, 1.54) is 90.0 Å². The molecular weight excluding hydrogens is 244 g/mol. The Balaban J connectivity index is 1.64. The van der Waals surface area contributed by atoms with Crippen LogP contribution in [0.3, 0.4) is 0 Å². The number of nitrogens with zero attached hydrogens (tertiary/aromatic N) is 1. The van der Waals surface area contributed by atoms with Crippen LogP contribution in [0, 0.1) is 5.92 Å². The Kier molecular flexibility index (Phi) is 5.39. The van der Waals surface area contributed by atoms with E-state index >= 15 is 0 Å². The molecule has 2 nitrogen and oxygen atoms in total. The van der Waals surface area contributed by atoms with E-state index in [2.05, 4.69) is 4.90 Å². The highest BCUT2D eigenvalue weighted by molar-refractivity contribution is 4.89. The Bertz CT molecular complexity index is 261. The van der Waals surface area contributed by atoms with Gasteiger partial charge in [0.2, 0.25) is 0 Å². The van der Waals surface area contributed by atoms with Crippen LogP contribution in [0.4, 0.5) is 0 Å². The van der Waals surface area contributed by atoms with E-state index in [0.29, 0.717) is 6.04 Å². The normalized spacial score (nSPS) is 33.9. The third-order valence-corrected chi connectivity index (χ3v) is 6.25. The van der Waals surface area contributed by atoms with Gasteiger partial charge in [-0.05, 0) is 44.4 Å². The molecule has 3 saturated carbocycles. The van der Waals surface area contributed by atoms with E-state index in [4.69, 9.17) is 5.73 Å². The van der Waals surface area contributed by atoms with Crippen molar-refractivity contribution in [2.75, 3.05) is 6.54 Å². The van der Waals surface area contributed by atoms with Gasteiger partial charge in [-0.3, -0.25) is 4.90 Å². The minimum Gasteiger partial charge on any atom is -0.327 e. The maximum atomic E-state index is 6.36. The largest absolute Gasteiger partial charge is 0.327 e. The van der Waals surface area contributed by atoms with Crippen LogP contribution in [0.2, 0.25) is 0 Å². The first-order valence-electron chi connectivity index (χ1n) is 9.36. The zero-order valence-electron chi connectivity index (χ0n) is 13.2. The van der Waals surface area contributed by atoms with Gasteiger partial charge in [0.1, 0.15) is 0 Å². The zero-order valence-corrected chi connectivity index (χ0v) is 13.2. The van der Waals surface area contributed by atoms with E-state index in [1.807, 2.05) is 0 Å². The van der Waals surface area contributed by atoms with E-state index in [1.54, 1.807) is 0 Å². The molecule has 116 valence electrons. The molecule has 2 unspecified atom stereocenters. The van der Waals surface area contributed by atoms with Gasteiger partial charge in [-0.2, -0.15) is 0 Å². The average Bonchev–Trinajstić information content (AvgIpc) is 2.92. The quantitative estimate of drug-likeness (QED) is 0.839. The number of nitrogens with two attached hydrogens (primary N) is 1. The fourth-order valence-corrected chi connectivity index (χ4v) is 4.98. The lowest BCUT2D eigenvalue weighted by molar-refractivity contribution is 0.0625. The zero-order chi connectivity index (χ0) is 13.8. The average molecular weight is 278 g/mol. The van der Waals surface area contributed by atoms with Crippen LogP contribution in [-0.2, 0) is 0 Å². The predicted molar refractivity (Wildman–Crippen MR) is 85.8 cm³/mol. The summed E-state index contributed by atoms with van der Waals surface area (Å²) < 4.78 is 0. The molecule has 0 aromatic carbocycles. The first-order valence-corrected chi connectivity index (χ1v) is 9.36. The Morgan fingerprint density at radius 2 is 1.20 bits per heavy atom. The van der Waals surface area contributed by atoms with E-state index in [0.717, 1.165) is 18.0 Å². The Morgan fingerprint density at radius 1 is 0.650 bits per heavy atom. The van der Waals surface area contributed by atoms with Crippen molar-refractivity contribution in [3.05, 3.63) is 0 Å². The third kappa shape index (κ3) is 3.57. The first-order chi connectivity index (χ1) is 9.84. The van der Waals surface area contributed by atoms with Crippen LogP contribution in [-0.4, -0.2) is 29.6 Å². The molecule has 0 aromatic rings. The number of hydrogen-bond acceptors (Lipinski definition) is 2. The lowest BCUT2D eigenvalue weighted by Crippen LogP contribution is -2.49. The molecule has 2 heteroatoms. The van der Waals surface area contributed by atoms with Gasteiger partial charge in [0.25, 0.3) is 0 Å². The third-order valence-electron chi connectivity index (χ3n) is 6.25. The summed E-state index contributed by atoms with van der Waals surface area (Å²) in [6.07, 6.45) is 18.6. The highest BCUT2D eigenvalue weighted by Gasteiger charge is 2.33. The molecule has 0 spiro atoms. The molecule has 20 heavy (non-hydrogen) atoms. The van der Waals surface area contributed by atoms with E-state index in [9.17, 15) is 0 Å². The van der Waals surface area contributed by atoms with Crippen molar-refractivity contribution in [2.45, 2.75) is 102 Å². The molecule has 0 amide bonds. The molecule has 0 heterocycles. The van der Waals surface area contributed by atoms with Crippen LogP contribution in [0.25, 0.3) is 0 Å². The highest BCUT2D eigenvalue weighted by Crippen LogP contribution is 2.33. The molecule has 0 aromatic heterocycles. The predicted octanol–water partition coefficient (Wildman–Crippen LogP) is 4.08. The van der Waals surface area contributed by atoms with Crippen LogP contribution < -0.4 is 5.73 Å². The van der Waals surface area contributed by atoms with Crippen molar-refractivity contribution in [1.29, 1.82) is 0 Å². The topological polar surface area (TPSA) is 29.3 Å². The second-order valence-electron chi connectivity index (χ2n) is 7.64. The molecular formula is C18H34N2. The summed E-state index contributed by atoms with van der Waals surface area (Å²) in [6, 6.07) is 2.27. The summed E-state index contributed by atoms with van der Waals surface area (Å²) in [5.41, 5.74) is 6.36. The van der Waals surface area contributed by atoms with Crippen LogP contribution >= 0.6 is 0 Å². The van der Waals surface area contributed by atoms with Crippen molar-refractivity contribution in [3.63, 3.8) is 0 Å². The van der Waals surface area contributed by atoms with Gasteiger partial charge in [0, 0.05) is 24.7 Å². The highest BCUT2D eigenvalue weighted by atomic mass is 15.2. The lowest BCUT2D eigenvalue weighted by atomic mass is 9.87. The molecule has 0 saturated heterocycles. The van der Waals surface area contributed by atoms with Crippen molar-refractivity contribution >= 4 is 0 Å². The van der Waals surface area contributed by atoms with Gasteiger partial charge in [-0.1, -0.05) is 44.9 Å². The molecule has 3 rings (SSSR count). The molecule has 0 aliphatic heterocycles. The van der Waals surface area contributed by atoms with Crippen molar-refractivity contribution in [1.82, 2.24) is 4.90 Å². The Morgan fingerprint density at radius 3 is 1.65 bits per heavy atom. The second kappa shape index (κ2) is 7.26. The molecule has 0 radical (unpaired) electrons. The second-order valence-corrected chi connectivity index (χ2v) is 7.64. The summed E-state index contributed by atoms with van der Waals surface area (Å²) in [6.45, 7) is 1.32. The van der Waals surface area contributed by atoms with Crippen LogP contribution in [0.15, 0.2) is 0 Å². The standard InChI is InChI=1S/C18H34N2/c19-18-13-7-8-15(18)14-20(16-9-3-1-4-10-16)17-11-5-2-6-12-17/h15-18H,1-14,19H2. The molecule has 0 bridgehead atoms. The van der Waals surface area contributed by atoms with Crippen LogP contribution in [0.5, 0.6) is 0 Å². The summed E-state index contributed by atoms with van der Waals surface area (Å²) in [5.74, 6) is 0.791. The smallest absolute Gasteiger partial charge is 0.00983 e. The van der Waals surface area contributed by atoms with Crippen molar-refractivity contribution in [3.8, 4) is 0 Å². The number of rotatable bonds is 4. The fourth-order valence-electron chi connectivity index (χ4n) is 4.98. The summed E-state index contributed by atoms with van der Waals surface area (Å²) >= 11 is 0. The maximum Gasteiger partial charge on any atom is 0.00983 e. The first kappa shape index (κ1) is 14.8. The van der Waals surface area contributed by atoms with Crippen molar-refractivity contribution in [2.24, 2.45) is 11.7 Å². The SMILES string of the molecule is NC1CCCC1CN(C1CCCCC1)C1CCCCC1. The number of hydrogen-bond donors (Lipinski definition) is 1. The van der Waals surface area contributed by atoms with Gasteiger partial charge in [-0.25, -0.2) is 0 Å². The molecule has 3 aliphatic carbocycles. The van der Waals surface area contributed by atoms with Crippen LogP contribution in [0.1, 0.15) is 83.5 Å². The summed E-state index contributed by atoms with van der Waals surface area (Å²) in [7, 11) is 0. The van der Waals surface area contributed by atoms with Gasteiger partial charge < -0.3 is 5.73 Å². The van der Waals surface area contributed by atoms with E-state index in [-0.39, 0.29) is 0 Å². The van der Waals surface area contributed by atoms with Gasteiger partial charge in [0.15, 0.2) is 0 Å². The van der Waals surface area contributed by atoms with Gasteiger partial charge in [0.05, 0.1) is 0 Å².